The van der Waals surface area contributed by atoms with Crippen LogP contribution in [-0.2, 0) is 16.6 Å². The molecule has 2 aromatic carbocycles. The van der Waals surface area contributed by atoms with Crippen LogP contribution in [0.15, 0.2) is 44.2 Å². The first-order valence-corrected chi connectivity index (χ1v) is 9.97. The van der Waals surface area contributed by atoms with Crippen LogP contribution in [-0.4, -0.2) is 21.6 Å². The molecule has 2 aromatic rings. The average Bonchev–Trinajstić information content (AvgIpc) is 2.51. The summed E-state index contributed by atoms with van der Waals surface area (Å²) < 4.78 is 52.3. The van der Waals surface area contributed by atoms with Crippen molar-refractivity contribution >= 4 is 41.9 Å². The van der Waals surface area contributed by atoms with Crippen LogP contribution in [0.3, 0.4) is 0 Å². The van der Waals surface area contributed by atoms with Crippen LogP contribution in [0.1, 0.15) is 5.56 Å². The van der Waals surface area contributed by atoms with E-state index >= 15 is 0 Å². The number of nitrogens with one attached hydrogen (secondary N) is 1. The highest BCUT2D eigenvalue weighted by Gasteiger charge is 2.23. The minimum absolute atomic E-state index is 0.0190. The fourth-order valence-corrected chi connectivity index (χ4v) is 5.83. The van der Waals surface area contributed by atoms with E-state index in [1.54, 1.807) is 18.2 Å². The molecule has 0 aromatic heterocycles. The molecular formula is C15H12Br2FNO4S. The van der Waals surface area contributed by atoms with Crippen LogP contribution in [0, 0.1) is 5.82 Å². The summed E-state index contributed by atoms with van der Waals surface area (Å²) in [7, 11) is -3.87. The highest BCUT2D eigenvalue weighted by Crippen LogP contribution is 2.34. The molecule has 0 unspecified atom stereocenters. The minimum Gasteiger partial charge on any atom is -0.486 e. The quantitative estimate of drug-likeness (QED) is 0.726. The Morgan fingerprint density at radius 1 is 1.12 bits per heavy atom. The number of sulfonamides is 1. The Morgan fingerprint density at radius 3 is 2.50 bits per heavy atom. The Morgan fingerprint density at radius 2 is 1.79 bits per heavy atom. The largest absolute Gasteiger partial charge is 0.486 e. The number of benzene rings is 2. The number of fused-ring (bicyclic) bond motifs is 1. The van der Waals surface area contributed by atoms with Crippen LogP contribution >= 0.6 is 31.9 Å². The third-order valence-electron chi connectivity index (χ3n) is 3.33. The fourth-order valence-electron chi connectivity index (χ4n) is 2.30. The van der Waals surface area contributed by atoms with Gasteiger partial charge < -0.3 is 9.47 Å². The van der Waals surface area contributed by atoms with Crippen LogP contribution in [0.4, 0.5) is 4.39 Å². The fraction of sp³-hybridized carbons (Fsp3) is 0.200. The first kappa shape index (κ1) is 17.7. The monoisotopic (exact) mass is 479 g/mol. The van der Waals surface area contributed by atoms with Crippen LogP contribution in [0.5, 0.6) is 11.5 Å². The normalized spacial score (nSPS) is 13.8. The lowest BCUT2D eigenvalue weighted by atomic mass is 10.2. The second-order valence-corrected chi connectivity index (χ2v) is 8.38. The third-order valence-corrected chi connectivity index (χ3v) is 6.61. The van der Waals surface area contributed by atoms with E-state index in [1.807, 2.05) is 0 Å². The van der Waals surface area contributed by atoms with E-state index < -0.39 is 15.8 Å². The molecule has 3 rings (SSSR count). The number of rotatable bonds is 4. The van der Waals surface area contributed by atoms with Crippen LogP contribution in [0.2, 0.25) is 0 Å². The molecule has 0 bridgehead atoms. The van der Waals surface area contributed by atoms with E-state index in [-0.39, 0.29) is 20.4 Å². The molecule has 1 heterocycles. The highest BCUT2D eigenvalue weighted by molar-refractivity contribution is 9.11. The maximum Gasteiger partial charge on any atom is 0.243 e. The van der Waals surface area contributed by atoms with Gasteiger partial charge in [-0.2, -0.15) is 0 Å². The second-order valence-electron chi connectivity index (χ2n) is 4.96. The second kappa shape index (κ2) is 6.99. The Kier molecular flexibility index (Phi) is 5.14. The molecule has 9 heteroatoms. The number of para-hydroxylation sites is 1. The summed E-state index contributed by atoms with van der Waals surface area (Å²) in [4.78, 5) is -0.0640. The van der Waals surface area contributed by atoms with Crippen molar-refractivity contribution in [2.24, 2.45) is 0 Å². The zero-order chi connectivity index (χ0) is 17.3. The molecule has 0 spiro atoms. The maximum absolute atomic E-state index is 13.3. The lowest BCUT2D eigenvalue weighted by molar-refractivity contribution is 0.170. The molecule has 1 aliphatic heterocycles. The van der Waals surface area contributed by atoms with Crippen molar-refractivity contribution in [3.63, 3.8) is 0 Å². The van der Waals surface area contributed by atoms with Gasteiger partial charge in [-0.3, -0.25) is 0 Å². The summed E-state index contributed by atoms with van der Waals surface area (Å²) in [5.41, 5.74) is 0.658. The summed E-state index contributed by atoms with van der Waals surface area (Å²) in [6, 6.07) is 7.48. The molecule has 1 N–H and O–H groups in total. The van der Waals surface area contributed by atoms with E-state index in [1.165, 1.54) is 0 Å². The van der Waals surface area contributed by atoms with E-state index in [0.29, 0.717) is 30.3 Å². The first-order chi connectivity index (χ1) is 11.4. The minimum atomic E-state index is -3.87. The summed E-state index contributed by atoms with van der Waals surface area (Å²) in [5.74, 6) is 0.571. The molecule has 1 aliphatic rings. The van der Waals surface area contributed by atoms with Gasteiger partial charge in [-0.25, -0.2) is 17.5 Å². The van der Waals surface area contributed by atoms with Crippen molar-refractivity contribution in [1.29, 1.82) is 0 Å². The number of hydrogen-bond acceptors (Lipinski definition) is 4. The summed E-state index contributed by atoms with van der Waals surface area (Å²) in [6.45, 7) is 0.884. The van der Waals surface area contributed by atoms with Crippen molar-refractivity contribution in [3.8, 4) is 11.5 Å². The predicted molar refractivity (Wildman–Crippen MR) is 93.3 cm³/mol. The zero-order valence-corrected chi connectivity index (χ0v) is 16.2. The predicted octanol–water partition coefficient (Wildman–Crippen LogP) is 3.60. The number of hydrogen-bond donors (Lipinski definition) is 1. The van der Waals surface area contributed by atoms with Crippen LogP contribution < -0.4 is 14.2 Å². The van der Waals surface area contributed by atoms with Crippen LogP contribution in [0.25, 0.3) is 0 Å². The van der Waals surface area contributed by atoms with E-state index in [0.717, 1.165) is 12.1 Å². The third kappa shape index (κ3) is 3.58. The maximum atomic E-state index is 13.3. The molecule has 5 nitrogen and oxygen atoms in total. The van der Waals surface area contributed by atoms with Crippen molar-refractivity contribution in [2.45, 2.75) is 11.4 Å². The van der Waals surface area contributed by atoms with Gasteiger partial charge in [0.05, 0.1) is 0 Å². The molecule has 0 radical (unpaired) electrons. The van der Waals surface area contributed by atoms with Gasteiger partial charge in [0.25, 0.3) is 0 Å². The molecule has 0 aliphatic carbocycles. The number of ether oxygens (including phenoxy) is 2. The molecule has 0 saturated heterocycles. The summed E-state index contributed by atoms with van der Waals surface area (Å²) in [6.07, 6.45) is 0. The smallest absolute Gasteiger partial charge is 0.243 e. The molecule has 0 atom stereocenters. The van der Waals surface area contributed by atoms with Gasteiger partial charge in [-0.1, -0.05) is 12.1 Å². The molecule has 0 saturated carbocycles. The number of halogens is 3. The zero-order valence-electron chi connectivity index (χ0n) is 12.2. The summed E-state index contributed by atoms with van der Waals surface area (Å²) in [5, 5.41) is 0. The van der Waals surface area contributed by atoms with Crippen molar-refractivity contribution in [2.75, 3.05) is 13.2 Å². The van der Waals surface area contributed by atoms with Gasteiger partial charge in [0.2, 0.25) is 10.0 Å². The van der Waals surface area contributed by atoms with E-state index in [4.69, 9.17) is 9.47 Å². The average molecular weight is 481 g/mol. The topological polar surface area (TPSA) is 64.6 Å². The Balaban J connectivity index is 1.87. The molecule has 24 heavy (non-hydrogen) atoms. The van der Waals surface area contributed by atoms with Gasteiger partial charge in [0.1, 0.15) is 23.9 Å². The molecular weight excluding hydrogens is 469 g/mol. The highest BCUT2D eigenvalue weighted by atomic mass is 79.9. The van der Waals surface area contributed by atoms with Crippen molar-refractivity contribution < 1.29 is 22.3 Å². The lowest BCUT2D eigenvalue weighted by Crippen LogP contribution is -2.25. The Labute approximate surface area is 155 Å². The lowest BCUT2D eigenvalue weighted by Gasteiger charge is -2.21. The van der Waals surface area contributed by atoms with Gasteiger partial charge >= 0.3 is 0 Å². The van der Waals surface area contributed by atoms with Gasteiger partial charge in [0.15, 0.2) is 11.5 Å². The molecule has 128 valence electrons. The Hall–Kier alpha value is -1.16. The first-order valence-electron chi connectivity index (χ1n) is 6.90. The standard InChI is InChI=1S/C15H12Br2FNO4S/c16-11-6-10(18)7-12(17)15(11)24(20,21)19-8-9-2-1-3-13-14(9)23-5-4-22-13/h1-3,6-7,19H,4-5,8H2. The van der Waals surface area contributed by atoms with Gasteiger partial charge in [0, 0.05) is 21.1 Å². The van der Waals surface area contributed by atoms with E-state index in [2.05, 4.69) is 36.6 Å². The van der Waals surface area contributed by atoms with Gasteiger partial charge in [-0.05, 0) is 50.1 Å². The summed E-state index contributed by atoms with van der Waals surface area (Å²) >= 11 is 6.17. The van der Waals surface area contributed by atoms with E-state index in [9.17, 15) is 12.8 Å². The molecule has 0 fully saturated rings. The van der Waals surface area contributed by atoms with Crippen molar-refractivity contribution in [3.05, 3.63) is 50.7 Å². The SMILES string of the molecule is O=S(=O)(NCc1cccc2c1OCCO2)c1c(Br)cc(F)cc1Br. The van der Waals surface area contributed by atoms with Gasteiger partial charge in [-0.15, -0.1) is 0 Å². The molecule has 0 amide bonds. The van der Waals surface area contributed by atoms with Crippen molar-refractivity contribution in [1.82, 2.24) is 4.72 Å². The Bertz CT molecular complexity index is 866.